The van der Waals surface area contributed by atoms with Gasteiger partial charge in [0.25, 0.3) is 0 Å². The molecule has 0 aromatic heterocycles. The SMILES string of the molecule is Cl.Cl.FC(F)(F)c1cccc([C@@H](C2CCOCC2)N2CCNCC2)c1Cl. The summed E-state index contributed by atoms with van der Waals surface area (Å²) in [7, 11) is 0. The Morgan fingerprint density at radius 2 is 1.73 bits per heavy atom. The quantitative estimate of drug-likeness (QED) is 0.752. The minimum absolute atomic E-state index is 0. The normalized spacial score (nSPS) is 20.8. The van der Waals surface area contributed by atoms with Crippen LogP contribution in [0.5, 0.6) is 0 Å². The van der Waals surface area contributed by atoms with Gasteiger partial charge in [-0.1, -0.05) is 23.7 Å². The molecule has 1 aromatic carbocycles. The number of nitrogens with zero attached hydrogens (tertiary/aromatic N) is 1. The maximum atomic E-state index is 13.2. The lowest BCUT2D eigenvalue weighted by atomic mass is 9.85. The van der Waals surface area contributed by atoms with Gasteiger partial charge >= 0.3 is 6.18 Å². The summed E-state index contributed by atoms with van der Waals surface area (Å²) in [5, 5.41) is 3.14. The van der Waals surface area contributed by atoms with Crippen molar-refractivity contribution in [2.24, 2.45) is 5.92 Å². The van der Waals surface area contributed by atoms with Gasteiger partial charge in [0.15, 0.2) is 0 Å². The lowest BCUT2D eigenvalue weighted by Gasteiger charge is -2.41. The van der Waals surface area contributed by atoms with Crippen molar-refractivity contribution in [1.82, 2.24) is 10.2 Å². The van der Waals surface area contributed by atoms with Crippen molar-refractivity contribution in [2.45, 2.75) is 25.1 Å². The number of hydrogen-bond donors (Lipinski definition) is 1. The molecule has 3 rings (SSSR count). The van der Waals surface area contributed by atoms with E-state index in [9.17, 15) is 13.2 Å². The Balaban J connectivity index is 0.00000169. The van der Waals surface area contributed by atoms with Crippen LogP contribution in [-0.4, -0.2) is 44.3 Å². The summed E-state index contributed by atoms with van der Waals surface area (Å²) in [4.78, 5) is 2.27. The van der Waals surface area contributed by atoms with Crippen molar-refractivity contribution in [2.75, 3.05) is 39.4 Å². The van der Waals surface area contributed by atoms with Gasteiger partial charge in [0, 0.05) is 45.4 Å². The third-order valence-corrected chi connectivity index (χ3v) is 5.33. The number of rotatable bonds is 3. The zero-order valence-electron chi connectivity index (χ0n) is 14.2. The maximum absolute atomic E-state index is 13.2. The molecular weight excluding hydrogens is 412 g/mol. The first kappa shape index (κ1) is 23.8. The molecule has 1 N–H and O–H groups in total. The summed E-state index contributed by atoms with van der Waals surface area (Å²) < 4.78 is 45.2. The van der Waals surface area contributed by atoms with Crippen molar-refractivity contribution in [3.05, 3.63) is 34.3 Å². The molecule has 0 bridgehead atoms. The summed E-state index contributed by atoms with van der Waals surface area (Å²) in [6.07, 6.45) is -2.74. The summed E-state index contributed by atoms with van der Waals surface area (Å²) in [6, 6.07) is 4.19. The van der Waals surface area contributed by atoms with Crippen LogP contribution in [0, 0.1) is 5.92 Å². The Morgan fingerprint density at radius 3 is 2.31 bits per heavy atom. The first-order valence-corrected chi connectivity index (χ1v) is 8.74. The predicted molar refractivity (Wildman–Crippen MR) is 102 cm³/mol. The van der Waals surface area contributed by atoms with Crippen LogP contribution in [0.1, 0.15) is 30.0 Å². The summed E-state index contributed by atoms with van der Waals surface area (Å²) in [6.45, 7) is 4.63. The molecule has 2 heterocycles. The highest BCUT2D eigenvalue weighted by atomic mass is 35.5. The van der Waals surface area contributed by atoms with Gasteiger partial charge in [-0.05, 0) is 30.4 Å². The minimum atomic E-state index is -4.43. The van der Waals surface area contributed by atoms with Crippen LogP contribution in [0.15, 0.2) is 18.2 Å². The Bertz CT molecular complexity index is 545. The molecule has 0 spiro atoms. The van der Waals surface area contributed by atoms with Crippen LogP contribution in [0.3, 0.4) is 0 Å². The fourth-order valence-electron chi connectivity index (χ4n) is 3.74. The molecule has 0 saturated carbocycles. The van der Waals surface area contributed by atoms with Gasteiger partial charge in [-0.3, -0.25) is 4.90 Å². The average molecular weight is 436 g/mol. The minimum Gasteiger partial charge on any atom is -0.381 e. The second-order valence-corrected chi connectivity index (χ2v) is 6.77. The van der Waals surface area contributed by atoms with Crippen LogP contribution in [0.2, 0.25) is 5.02 Å². The predicted octanol–water partition coefficient (Wildman–Crippen LogP) is 4.58. The summed E-state index contributed by atoms with van der Waals surface area (Å²) in [5.74, 6) is 0.262. The van der Waals surface area contributed by atoms with E-state index in [1.54, 1.807) is 6.07 Å². The average Bonchev–Trinajstić information content (AvgIpc) is 2.58. The van der Waals surface area contributed by atoms with Crippen LogP contribution < -0.4 is 5.32 Å². The number of nitrogens with one attached hydrogen (secondary N) is 1. The van der Waals surface area contributed by atoms with E-state index >= 15 is 0 Å². The first-order chi connectivity index (χ1) is 11.5. The Morgan fingerprint density at radius 1 is 1.12 bits per heavy atom. The van der Waals surface area contributed by atoms with E-state index in [0.717, 1.165) is 45.1 Å². The van der Waals surface area contributed by atoms with Gasteiger partial charge in [0.1, 0.15) is 0 Å². The Kier molecular flexibility index (Phi) is 9.47. The highest BCUT2D eigenvalue weighted by Crippen LogP contribution is 2.43. The van der Waals surface area contributed by atoms with Crippen molar-refractivity contribution in [1.29, 1.82) is 0 Å². The van der Waals surface area contributed by atoms with E-state index < -0.39 is 11.7 Å². The first-order valence-electron chi connectivity index (χ1n) is 8.36. The lowest BCUT2D eigenvalue weighted by molar-refractivity contribution is -0.137. The summed E-state index contributed by atoms with van der Waals surface area (Å²) in [5.41, 5.74) is -0.144. The van der Waals surface area contributed by atoms with Crippen LogP contribution in [-0.2, 0) is 10.9 Å². The van der Waals surface area contributed by atoms with Gasteiger partial charge in [0.05, 0.1) is 10.6 Å². The fourth-order valence-corrected chi connectivity index (χ4v) is 4.08. The molecule has 0 radical (unpaired) electrons. The monoisotopic (exact) mass is 434 g/mol. The van der Waals surface area contributed by atoms with Gasteiger partial charge < -0.3 is 10.1 Å². The molecule has 1 atom stereocenters. The van der Waals surface area contributed by atoms with Crippen molar-refractivity contribution >= 4 is 36.4 Å². The van der Waals surface area contributed by atoms with Crippen LogP contribution in [0.25, 0.3) is 0 Å². The van der Waals surface area contributed by atoms with Gasteiger partial charge in [-0.25, -0.2) is 0 Å². The molecule has 26 heavy (non-hydrogen) atoms. The summed E-state index contributed by atoms with van der Waals surface area (Å²) >= 11 is 6.23. The molecule has 0 amide bonds. The largest absolute Gasteiger partial charge is 0.417 e. The zero-order chi connectivity index (χ0) is 17.2. The molecule has 2 fully saturated rings. The second-order valence-electron chi connectivity index (χ2n) is 6.39. The number of halogens is 6. The number of ether oxygens (including phenoxy) is 1. The van der Waals surface area contributed by atoms with Gasteiger partial charge in [-0.15, -0.1) is 24.8 Å². The standard InChI is InChI=1S/C17H22ClF3N2O.2ClH/c18-15-13(2-1-3-14(15)17(19,20)21)16(12-4-10-24-11-5-12)23-8-6-22-7-9-23;;/h1-3,12,16,22H,4-11H2;2*1H/t16-;;/m1../s1. The molecule has 2 aliphatic heterocycles. The number of benzene rings is 1. The zero-order valence-corrected chi connectivity index (χ0v) is 16.6. The second kappa shape index (κ2) is 10.3. The Labute approximate surface area is 169 Å². The maximum Gasteiger partial charge on any atom is 0.417 e. The molecule has 2 saturated heterocycles. The molecule has 0 aliphatic carbocycles. The number of alkyl halides is 3. The van der Waals surface area contributed by atoms with Gasteiger partial charge in [0.2, 0.25) is 0 Å². The van der Waals surface area contributed by atoms with Crippen molar-refractivity contribution < 1.29 is 17.9 Å². The molecule has 9 heteroatoms. The lowest BCUT2D eigenvalue weighted by Crippen LogP contribution is -2.47. The van der Waals surface area contributed by atoms with E-state index in [1.165, 1.54) is 6.07 Å². The number of piperazine rings is 1. The molecule has 0 unspecified atom stereocenters. The third-order valence-electron chi connectivity index (χ3n) is 4.91. The highest BCUT2D eigenvalue weighted by molar-refractivity contribution is 6.32. The molecule has 2 aliphatic rings. The molecule has 1 aromatic rings. The van der Waals surface area contributed by atoms with E-state index in [2.05, 4.69) is 10.2 Å². The van der Waals surface area contributed by atoms with Crippen molar-refractivity contribution in [3.8, 4) is 0 Å². The molecular formula is C17H24Cl3F3N2O. The molecule has 150 valence electrons. The number of hydrogen-bond acceptors (Lipinski definition) is 3. The van der Waals surface area contributed by atoms with E-state index in [-0.39, 0.29) is 41.8 Å². The fraction of sp³-hybridized carbons (Fsp3) is 0.647. The van der Waals surface area contributed by atoms with E-state index in [4.69, 9.17) is 16.3 Å². The highest BCUT2D eigenvalue weighted by Gasteiger charge is 2.38. The smallest absolute Gasteiger partial charge is 0.381 e. The van der Waals surface area contributed by atoms with Crippen molar-refractivity contribution in [3.63, 3.8) is 0 Å². The third kappa shape index (κ3) is 5.40. The topological polar surface area (TPSA) is 24.5 Å². The van der Waals surface area contributed by atoms with Gasteiger partial charge in [-0.2, -0.15) is 13.2 Å². The molecule has 3 nitrogen and oxygen atoms in total. The van der Waals surface area contributed by atoms with E-state index in [0.29, 0.717) is 18.8 Å². The van der Waals surface area contributed by atoms with Crippen LogP contribution >= 0.6 is 36.4 Å². The Hall–Kier alpha value is -0.240. The van der Waals surface area contributed by atoms with E-state index in [1.807, 2.05) is 0 Å². The van der Waals surface area contributed by atoms with Crippen LogP contribution in [0.4, 0.5) is 13.2 Å².